The third-order valence-electron chi connectivity index (χ3n) is 3.37. The first-order chi connectivity index (χ1) is 11.2. The Morgan fingerprint density at radius 1 is 1.26 bits per heavy atom. The summed E-state index contributed by atoms with van der Waals surface area (Å²) in [5.74, 6) is 1.48. The molecule has 0 saturated carbocycles. The van der Waals surface area contributed by atoms with Crippen LogP contribution in [0.25, 0.3) is 11.4 Å². The molecule has 2 N–H and O–H groups in total. The number of rotatable bonds is 5. The first-order valence-electron chi connectivity index (χ1n) is 6.98. The van der Waals surface area contributed by atoms with E-state index in [2.05, 4.69) is 15.6 Å². The molecule has 0 radical (unpaired) electrons. The number of aromatic amines is 1. The van der Waals surface area contributed by atoms with E-state index in [0.29, 0.717) is 16.3 Å². The van der Waals surface area contributed by atoms with Gasteiger partial charge in [-0.3, -0.25) is 0 Å². The van der Waals surface area contributed by atoms with Crippen LogP contribution >= 0.6 is 23.8 Å². The fourth-order valence-electron chi connectivity index (χ4n) is 2.27. The number of hydrogen-bond acceptors (Lipinski definition) is 4. The molecule has 0 unspecified atom stereocenters. The average Bonchev–Trinajstić information content (AvgIpc) is 2.94. The second-order valence-corrected chi connectivity index (χ2v) is 5.67. The molecule has 0 saturated heterocycles. The second-order valence-electron chi connectivity index (χ2n) is 4.84. The number of aromatic nitrogens is 3. The minimum absolute atomic E-state index is 0.491. The van der Waals surface area contributed by atoms with Gasteiger partial charge in [0.2, 0.25) is 4.77 Å². The summed E-state index contributed by atoms with van der Waals surface area (Å²) in [6, 6.07) is 15.3. The van der Waals surface area contributed by atoms with Crippen molar-refractivity contribution in [2.24, 2.45) is 0 Å². The van der Waals surface area contributed by atoms with Crippen LogP contribution in [0.15, 0.2) is 48.5 Å². The SMILES string of the molecule is COc1ccc(Cl)cc1CNn1c(-c2ccccc2)n[nH]c1=S. The molecule has 0 aliphatic carbocycles. The zero-order valence-electron chi connectivity index (χ0n) is 12.4. The Balaban J connectivity index is 1.89. The molecule has 2 aromatic carbocycles. The highest BCUT2D eigenvalue weighted by Gasteiger charge is 2.10. The van der Waals surface area contributed by atoms with E-state index in [1.54, 1.807) is 17.9 Å². The maximum absolute atomic E-state index is 6.06. The van der Waals surface area contributed by atoms with Crippen molar-refractivity contribution in [2.45, 2.75) is 6.54 Å². The zero-order valence-corrected chi connectivity index (χ0v) is 14.0. The molecule has 0 amide bonds. The van der Waals surface area contributed by atoms with Crippen LogP contribution in [0.1, 0.15) is 5.56 Å². The molecule has 1 heterocycles. The summed E-state index contributed by atoms with van der Waals surface area (Å²) >= 11 is 11.4. The van der Waals surface area contributed by atoms with E-state index >= 15 is 0 Å². The van der Waals surface area contributed by atoms with Gasteiger partial charge in [-0.1, -0.05) is 41.9 Å². The summed E-state index contributed by atoms with van der Waals surface area (Å²) in [6.45, 7) is 0.497. The first kappa shape index (κ1) is 15.6. The van der Waals surface area contributed by atoms with Crippen molar-refractivity contribution >= 4 is 23.8 Å². The van der Waals surface area contributed by atoms with Crippen molar-refractivity contribution in [1.82, 2.24) is 14.9 Å². The lowest BCUT2D eigenvalue weighted by molar-refractivity contribution is 0.410. The van der Waals surface area contributed by atoms with Crippen LogP contribution in [-0.4, -0.2) is 22.0 Å². The largest absolute Gasteiger partial charge is 0.496 e. The third kappa shape index (κ3) is 3.38. The van der Waals surface area contributed by atoms with Crippen molar-refractivity contribution in [3.05, 3.63) is 63.9 Å². The lowest BCUT2D eigenvalue weighted by Crippen LogP contribution is -2.16. The maximum atomic E-state index is 6.06. The Morgan fingerprint density at radius 3 is 2.78 bits per heavy atom. The highest BCUT2D eigenvalue weighted by molar-refractivity contribution is 7.71. The van der Waals surface area contributed by atoms with E-state index in [1.807, 2.05) is 42.5 Å². The molecule has 0 bridgehead atoms. The number of methoxy groups -OCH3 is 1. The number of halogens is 1. The summed E-state index contributed by atoms with van der Waals surface area (Å²) < 4.78 is 7.59. The highest BCUT2D eigenvalue weighted by atomic mass is 35.5. The Labute approximate surface area is 143 Å². The first-order valence-corrected chi connectivity index (χ1v) is 7.77. The molecule has 1 aromatic heterocycles. The summed E-state index contributed by atoms with van der Waals surface area (Å²) in [4.78, 5) is 0. The fraction of sp³-hybridized carbons (Fsp3) is 0.125. The quantitative estimate of drug-likeness (QED) is 0.685. The lowest BCUT2D eigenvalue weighted by atomic mass is 10.2. The van der Waals surface area contributed by atoms with E-state index < -0.39 is 0 Å². The second kappa shape index (κ2) is 6.85. The molecule has 0 atom stereocenters. The molecule has 0 fully saturated rings. The number of benzene rings is 2. The van der Waals surface area contributed by atoms with E-state index in [1.165, 1.54) is 0 Å². The van der Waals surface area contributed by atoms with Gasteiger partial charge in [0.15, 0.2) is 5.82 Å². The predicted octanol–water partition coefficient (Wildman–Crippen LogP) is 4.01. The van der Waals surface area contributed by atoms with Crippen molar-refractivity contribution < 1.29 is 4.74 Å². The Bertz CT molecular complexity index is 860. The standard InChI is InChI=1S/C16H15ClN4OS/c1-22-14-8-7-13(17)9-12(14)10-18-21-15(19-20-16(21)23)11-5-3-2-4-6-11/h2-9,18H,10H2,1H3,(H,20,23). The van der Waals surface area contributed by atoms with Gasteiger partial charge in [0.05, 0.1) is 13.7 Å². The van der Waals surface area contributed by atoms with Gasteiger partial charge >= 0.3 is 0 Å². The van der Waals surface area contributed by atoms with E-state index in [9.17, 15) is 0 Å². The Hall–Kier alpha value is -2.31. The van der Waals surface area contributed by atoms with E-state index in [0.717, 1.165) is 22.7 Å². The molecule has 0 spiro atoms. The summed E-state index contributed by atoms with van der Waals surface area (Å²) in [6.07, 6.45) is 0. The molecule has 3 aromatic rings. The Morgan fingerprint density at radius 2 is 2.04 bits per heavy atom. The molecule has 118 valence electrons. The van der Waals surface area contributed by atoms with Gasteiger partial charge in [0.25, 0.3) is 0 Å². The van der Waals surface area contributed by atoms with Crippen molar-refractivity contribution in [3.63, 3.8) is 0 Å². The van der Waals surface area contributed by atoms with Crippen molar-refractivity contribution in [1.29, 1.82) is 0 Å². The number of H-pyrrole nitrogens is 1. The summed E-state index contributed by atoms with van der Waals surface area (Å²) in [7, 11) is 1.63. The van der Waals surface area contributed by atoms with Gasteiger partial charge in [-0.15, -0.1) is 0 Å². The normalized spacial score (nSPS) is 10.5. The minimum Gasteiger partial charge on any atom is -0.496 e. The molecule has 7 heteroatoms. The minimum atomic E-state index is 0.491. The van der Waals surface area contributed by atoms with Crippen LogP contribution in [-0.2, 0) is 6.54 Å². The topological polar surface area (TPSA) is 54.9 Å². The van der Waals surface area contributed by atoms with Crippen LogP contribution in [0, 0.1) is 4.77 Å². The summed E-state index contributed by atoms with van der Waals surface area (Å²) in [5, 5.41) is 7.75. The van der Waals surface area contributed by atoms with Gasteiger partial charge in [-0.05, 0) is 30.4 Å². The number of hydrogen-bond donors (Lipinski definition) is 2. The zero-order chi connectivity index (χ0) is 16.2. The number of nitrogens with zero attached hydrogens (tertiary/aromatic N) is 2. The molecule has 5 nitrogen and oxygen atoms in total. The van der Waals surface area contributed by atoms with Crippen LogP contribution in [0.3, 0.4) is 0 Å². The van der Waals surface area contributed by atoms with E-state index in [-0.39, 0.29) is 0 Å². The Kier molecular flexibility index (Phi) is 4.64. The molecular weight excluding hydrogens is 332 g/mol. The van der Waals surface area contributed by atoms with Gasteiger partial charge in [0, 0.05) is 16.1 Å². The van der Waals surface area contributed by atoms with E-state index in [4.69, 9.17) is 28.6 Å². The smallest absolute Gasteiger partial charge is 0.214 e. The fourth-order valence-corrected chi connectivity index (χ4v) is 2.67. The molecule has 23 heavy (non-hydrogen) atoms. The molecule has 0 aliphatic rings. The van der Waals surface area contributed by atoms with Crippen LogP contribution in [0.4, 0.5) is 0 Å². The van der Waals surface area contributed by atoms with Crippen molar-refractivity contribution in [3.8, 4) is 17.1 Å². The lowest BCUT2D eigenvalue weighted by Gasteiger charge is -2.13. The van der Waals surface area contributed by atoms with Gasteiger partial charge in [-0.2, -0.15) is 5.10 Å². The third-order valence-corrected chi connectivity index (χ3v) is 3.88. The molecule has 0 aliphatic heterocycles. The number of ether oxygens (including phenoxy) is 1. The van der Waals surface area contributed by atoms with Gasteiger partial charge in [-0.25, -0.2) is 9.77 Å². The number of nitrogens with one attached hydrogen (secondary N) is 2. The van der Waals surface area contributed by atoms with Gasteiger partial charge < -0.3 is 10.2 Å². The van der Waals surface area contributed by atoms with Crippen LogP contribution < -0.4 is 10.2 Å². The predicted molar refractivity (Wildman–Crippen MR) is 93.9 cm³/mol. The van der Waals surface area contributed by atoms with Crippen LogP contribution in [0.2, 0.25) is 5.02 Å². The monoisotopic (exact) mass is 346 g/mol. The van der Waals surface area contributed by atoms with Gasteiger partial charge in [0.1, 0.15) is 5.75 Å². The average molecular weight is 347 g/mol. The summed E-state index contributed by atoms with van der Waals surface area (Å²) in [5.41, 5.74) is 5.15. The van der Waals surface area contributed by atoms with Crippen LogP contribution in [0.5, 0.6) is 5.75 Å². The highest BCUT2D eigenvalue weighted by Crippen LogP contribution is 2.23. The molecular formula is C16H15ClN4OS. The maximum Gasteiger partial charge on any atom is 0.214 e. The van der Waals surface area contributed by atoms with Crippen molar-refractivity contribution in [2.75, 3.05) is 12.5 Å². The molecule has 3 rings (SSSR count).